The molecule has 1 aliphatic rings. The van der Waals surface area contributed by atoms with Crippen LogP contribution in [0, 0.1) is 0 Å². The minimum Gasteiger partial charge on any atom is -0.347 e. The zero-order chi connectivity index (χ0) is 12.3. The summed E-state index contributed by atoms with van der Waals surface area (Å²) < 4.78 is 0. The zero-order valence-electron chi connectivity index (χ0n) is 10.6. The summed E-state index contributed by atoms with van der Waals surface area (Å²) in [6.07, 6.45) is 2.44. The fourth-order valence-electron chi connectivity index (χ4n) is 2.31. The molecule has 1 aromatic carbocycles. The maximum absolute atomic E-state index is 5.51. The molecule has 1 atom stereocenters. The van der Waals surface area contributed by atoms with Crippen molar-refractivity contribution in [1.29, 1.82) is 0 Å². The van der Waals surface area contributed by atoms with Gasteiger partial charge in [0.05, 0.1) is 6.04 Å². The Morgan fingerprint density at radius 1 is 1.29 bits per heavy atom. The SMILES string of the molecule is CCCCN1CC(c2ccccc2)N(C)C1=S. The van der Waals surface area contributed by atoms with Crippen LogP contribution in [0.25, 0.3) is 0 Å². The van der Waals surface area contributed by atoms with Gasteiger partial charge in [-0.2, -0.15) is 0 Å². The first-order valence-corrected chi connectivity index (χ1v) is 6.71. The van der Waals surface area contributed by atoms with Crippen LogP contribution in [0.5, 0.6) is 0 Å². The lowest BCUT2D eigenvalue weighted by molar-refractivity contribution is 0.392. The Hall–Kier alpha value is -1.09. The number of hydrogen-bond donors (Lipinski definition) is 0. The topological polar surface area (TPSA) is 6.48 Å². The summed E-state index contributed by atoms with van der Waals surface area (Å²) in [4.78, 5) is 4.55. The first kappa shape index (κ1) is 12.4. The van der Waals surface area contributed by atoms with Crippen molar-refractivity contribution in [2.45, 2.75) is 25.8 Å². The van der Waals surface area contributed by atoms with Crippen molar-refractivity contribution in [3.05, 3.63) is 35.9 Å². The molecular weight excluding hydrogens is 228 g/mol. The van der Waals surface area contributed by atoms with E-state index >= 15 is 0 Å². The molecule has 0 bridgehead atoms. The first-order chi connectivity index (χ1) is 8.24. The van der Waals surface area contributed by atoms with E-state index in [0.717, 1.165) is 18.2 Å². The standard InChI is InChI=1S/C14H20N2S/c1-3-4-10-16-11-13(15(2)14(16)17)12-8-6-5-7-9-12/h5-9,13H,3-4,10-11H2,1-2H3. The van der Waals surface area contributed by atoms with Crippen LogP contribution >= 0.6 is 12.2 Å². The lowest BCUT2D eigenvalue weighted by Gasteiger charge is -2.20. The summed E-state index contributed by atoms with van der Waals surface area (Å²) in [5.74, 6) is 0. The van der Waals surface area contributed by atoms with Crippen molar-refractivity contribution in [1.82, 2.24) is 9.80 Å². The van der Waals surface area contributed by atoms with Gasteiger partial charge in [0.1, 0.15) is 0 Å². The van der Waals surface area contributed by atoms with Crippen LogP contribution in [-0.2, 0) is 0 Å². The summed E-state index contributed by atoms with van der Waals surface area (Å²) in [5, 5.41) is 0.993. The molecule has 0 saturated carbocycles. The highest BCUT2D eigenvalue weighted by Crippen LogP contribution is 2.28. The zero-order valence-corrected chi connectivity index (χ0v) is 11.4. The van der Waals surface area contributed by atoms with Crippen molar-refractivity contribution in [3.63, 3.8) is 0 Å². The van der Waals surface area contributed by atoms with E-state index in [1.807, 2.05) is 0 Å². The number of benzene rings is 1. The van der Waals surface area contributed by atoms with Gasteiger partial charge in [0.15, 0.2) is 5.11 Å². The van der Waals surface area contributed by atoms with E-state index in [1.54, 1.807) is 0 Å². The molecule has 1 aliphatic heterocycles. The Labute approximate surface area is 109 Å². The average Bonchev–Trinajstić information content (AvgIpc) is 2.65. The third kappa shape index (κ3) is 2.60. The van der Waals surface area contributed by atoms with Crippen molar-refractivity contribution in [2.24, 2.45) is 0 Å². The number of unbranched alkanes of at least 4 members (excludes halogenated alkanes) is 1. The summed E-state index contributed by atoms with van der Waals surface area (Å²) in [6.45, 7) is 4.33. The van der Waals surface area contributed by atoms with Gasteiger partial charge in [-0.25, -0.2) is 0 Å². The Morgan fingerprint density at radius 3 is 2.65 bits per heavy atom. The third-order valence-electron chi connectivity index (χ3n) is 3.40. The second-order valence-corrected chi connectivity index (χ2v) is 4.98. The molecule has 0 N–H and O–H groups in total. The predicted molar refractivity (Wildman–Crippen MR) is 76.0 cm³/mol. The minimum atomic E-state index is 0.417. The van der Waals surface area contributed by atoms with Gasteiger partial charge < -0.3 is 9.80 Å². The Bertz CT molecular complexity index is 377. The quantitative estimate of drug-likeness (QED) is 0.756. The van der Waals surface area contributed by atoms with Crippen molar-refractivity contribution in [2.75, 3.05) is 20.1 Å². The molecule has 0 radical (unpaired) electrons. The van der Waals surface area contributed by atoms with Crippen molar-refractivity contribution >= 4 is 17.3 Å². The van der Waals surface area contributed by atoms with Gasteiger partial charge in [-0.15, -0.1) is 0 Å². The molecule has 17 heavy (non-hydrogen) atoms. The molecule has 2 rings (SSSR count). The van der Waals surface area contributed by atoms with E-state index < -0.39 is 0 Å². The number of thiocarbonyl (C=S) groups is 1. The highest BCUT2D eigenvalue weighted by molar-refractivity contribution is 7.80. The van der Waals surface area contributed by atoms with Crippen LogP contribution in [0.15, 0.2) is 30.3 Å². The maximum atomic E-state index is 5.51. The molecule has 92 valence electrons. The number of likely N-dealkylation sites (N-methyl/N-ethyl adjacent to an activating group) is 1. The largest absolute Gasteiger partial charge is 0.347 e. The summed E-state index contributed by atoms with van der Waals surface area (Å²) in [5.41, 5.74) is 1.36. The molecule has 3 heteroatoms. The molecule has 1 heterocycles. The van der Waals surface area contributed by atoms with Gasteiger partial charge >= 0.3 is 0 Å². The van der Waals surface area contributed by atoms with Gasteiger partial charge in [-0.05, 0) is 24.2 Å². The van der Waals surface area contributed by atoms with Crippen LogP contribution in [0.1, 0.15) is 31.4 Å². The van der Waals surface area contributed by atoms with Crippen LogP contribution in [-0.4, -0.2) is 35.0 Å². The smallest absolute Gasteiger partial charge is 0.171 e. The van der Waals surface area contributed by atoms with E-state index in [2.05, 4.69) is 54.1 Å². The van der Waals surface area contributed by atoms with Gasteiger partial charge in [-0.3, -0.25) is 0 Å². The highest BCUT2D eigenvalue weighted by atomic mass is 32.1. The van der Waals surface area contributed by atoms with Crippen molar-refractivity contribution < 1.29 is 0 Å². The molecule has 0 aromatic heterocycles. The van der Waals surface area contributed by atoms with E-state index in [9.17, 15) is 0 Å². The number of nitrogens with zero attached hydrogens (tertiary/aromatic N) is 2. The monoisotopic (exact) mass is 248 g/mol. The highest BCUT2D eigenvalue weighted by Gasteiger charge is 2.31. The van der Waals surface area contributed by atoms with Gasteiger partial charge in [-0.1, -0.05) is 43.7 Å². The molecule has 1 aromatic rings. The Kier molecular flexibility index (Phi) is 4.00. The Balaban J connectivity index is 2.09. The van der Waals surface area contributed by atoms with Crippen LogP contribution in [0.2, 0.25) is 0 Å². The molecule has 1 fully saturated rings. The van der Waals surface area contributed by atoms with Crippen LogP contribution in [0.3, 0.4) is 0 Å². The van der Waals surface area contributed by atoms with Crippen molar-refractivity contribution in [3.8, 4) is 0 Å². The maximum Gasteiger partial charge on any atom is 0.171 e. The first-order valence-electron chi connectivity index (χ1n) is 6.30. The molecule has 2 nitrogen and oxygen atoms in total. The van der Waals surface area contributed by atoms with E-state index in [0.29, 0.717) is 6.04 Å². The van der Waals surface area contributed by atoms with Gasteiger partial charge in [0.2, 0.25) is 0 Å². The molecule has 0 amide bonds. The summed E-state index contributed by atoms with van der Waals surface area (Å²) >= 11 is 5.51. The predicted octanol–water partition coefficient (Wildman–Crippen LogP) is 3.06. The second-order valence-electron chi connectivity index (χ2n) is 4.62. The minimum absolute atomic E-state index is 0.417. The number of hydrogen-bond acceptors (Lipinski definition) is 1. The van der Waals surface area contributed by atoms with Crippen LogP contribution < -0.4 is 0 Å². The lowest BCUT2D eigenvalue weighted by Crippen LogP contribution is -2.30. The van der Waals surface area contributed by atoms with E-state index in [-0.39, 0.29) is 0 Å². The van der Waals surface area contributed by atoms with E-state index in [1.165, 1.54) is 18.4 Å². The van der Waals surface area contributed by atoms with E-state index in [4.69, 9.17) is 12.2 Å². The fourth-order valence-corrected chi connectivity index (χ4v) is 2.60. The average molecular weight is 248 g/mol. The van der Waals surface area contributed by atoms with Gasteiger partial charge in [0.25, 0.3) is 0 Å². The normalized spacial score (nSPS) is 20.1. The summed E-state index contributed by atoms with van der Waals surface area (Å²) in [7, 11) is 2.10. The molecular formula is C14H20N2S. The van der Waals surface area contributed by atoms with Gasteiger partial charge in [0, 0.05) is 20.1 Å². The van der Waals surface area contributed by atoms with Crippen LogP contribution in [0.4, 0.5) is 0 Å². The fraction of sp³-hybridized carbons (Fsp3) is 0.500. The molecule has 1 saturated heterocycles. The lowest BCUT2D eigenvalue weighted by atomic mass is 10.1. The number of rotatable bonds is 4. The third-order valence-corrected chi connectivity index (χ3v) is 3.95. The summed E-state index contributed by atoms with van der Waals surface area (Å²) in [6, 6.07) is 11.0. The molecule has 0 aliphatic carbocycles. The second kappa shape index (κ2) is 5.50. The Morgan fingerprint density at radius 2 is 2.00 bits per heavy atom. The molecule has 0 spiro atoms. The molecule has 1 unspecified atom stereocenters.